The van der Waals surface area contributed by atoms with E-state index in [1.54, 1.807) is 7.11 Å². The molecule has 1 unspecified atom stereocenters. The van der Waals surface area contributed by atoms with Gasteiger partial charge in [0.1, 0.15) is 11.4 Å². The molecule has 1 N–H and O–H groups in total. The highest BCUT2D eigenvalue weighted by Crippen LogP contribution is 2.37. The Balaban J connectivity index is 2.00. The number of ether oxygens (including phenoxy) is 2. The van der Waals surface area contributed by atoms with Crippen LogP contribution >= 0.6 is 0 Å². The number of nitrogens with one attached hydrogen (secondary N) is 1. The third-order valence-electron chi connectivity index (χ3n) is 4.24. The van der Waals surface area contributed by atoms with Gasteiger partial charge in [0.05, 0.1) is 7.11 Å². The molecule has 0 radical (unpaired) electrons. The first-order valence-electron chi connectivity index (χ1n) is 8.76. The summed E-state index contributed by atoms with van der Waals surface area (Å²) in [7, 11) is 1.68. The average Bonchev–Trinajstić information content (AvgIpc) is 2.55. The third-order valence-corrected chi connectivity index (χ3v) is 4.24. The number of carbonyl (C=O) groups excluding carboxylic acids is 1. The molecule has 1 aromatic carbocycles. The molecule has 0 heterocycles. The summed E-state index contributed by atoms with van der Waals surface area (Å²) in [5, 5.41) is 2.88. The van der Waals surface area contributed by atoms with Gasteiger partial charge in [-0.1, -0.05) is 36.4 Å². The van der Waals surface area contributed by atoms with Gasteiger partial charge in [0.25, 0.3) is 0 Å². The number of amides is 1. The second-order valence-corrected chi connectivity index (χ2v) is 7.55. The van der Waals surface area contributed by atoms with Crippen molar-refractivity contribution in [1.82, 2.24) is 5.32 Å². The van der Waals surface area contributed by atoms with Gasteiger partial charge in [-0.3, -0.25) is 0 Å². The van der Waals surface area contributed by atoms with Crippen molar-refractivity contribution in [1.29, 1.82) is 0 Å². The molecule has 4 nitrogen and oxygen atoms in total. The number of rotatable bonds is 6. The Bertz CT molecular complexity index is 628. The van der Waals surface area contributed by atoms with E-state index in [0.717, 1.165) is 25.0 Å². The molecule has 0 aliphatic heterocycles. The van der Waals surface area contributed by atoms with Crippen molar-refractivity contribution in [2.24, 2.45) is 5.41 Å². The zero-order valence-corrected chi connectivity index (χ0v) is 15.7. The van der Waals surface area contributed by atoms with E-state index in [1.807, 2.05) is 32.9 Å². The highest BCUT2D eigenvalue weighted by molar-refractivity contribution is 5.67. The summed E-state index contributed by atoms with van der Waals surface area (Å²) in [6.45, 7) is 6.17. The maximum absolute atomic E-state index is 11.9. The Morgan fingerprint density at radius 1 is 1.24 bits per heavy atom. The average molecular weight is 343 g/mol. The van der Waals surface area contributed by atoms with Crippen LogP contribution in [-0.2, 0) is 15.9 Å². The molecular weight excluding hydrogens is 314 g/mol. The minimum Gasteiger partial charge on any atom is -0.497 e. The minimum absolute atomic E-state index is 0.0294. The molecule has 1 amide bonds. The lowest BCUT2D eigenvalue weighted by atomic mass is 9.74. The molecule has 1 atom stereocenters. The topological polar surface area (TPSA) is 47.6 Å². The van der Waals surface area contributed by atoms with E-state index in [9.17, 15) is 4.79 Å². The molecule has 0 saturated heterocycles. The molecule has 25 heavy (non-hydrogen) atoms. The fraction of sp³-hybridized carbons (Fsp3) is 0.476. The Morgan fingerprint density at radius 2 is 1.96 bits per heavy atom. The smallest absolute Gasteiger partial charge is 0.407 e. The Hall–Kier alpha value is -2.23. The van der Waals surface area contributed by atoms with Gasteiger partial charge in [-0.15, -0.1) is 0 Å². The highest BCUT2D eigenvalue weighted by Gasteiger charge is 2.29. The minimum atomic E-state index is -0.480. The van der Waals surface area contributed by atoms with E-state index in [2.05, 4.69) is 41.7 Å². The second-order valence-electron chi connectivity index (χ2n) is 7.55. The van der Waals surface area contributed by atoms with Crippen molar-refractivity contribution in [2.75, 3.05) is 13.7 Å². The van der Waals surface area contributed by atoms with Crippen LogP contribution in [0, 0.1) is 5.41 Å². The Labute approximate surface area is 150 Å². The van der Waals surface area contributed by atoms with Crippen LogP contribution in [0.3, 0.4) is 0 Å². The van der Waals surface area contributed by atoms with Gasteiger partial charge in [0.15, 0.2) is 0 Å². The van der Waals surface area contributed by atoms with E-state index < -0.39 is 5.60 Å². The van der Waals surface area contributed by atoms with Crippen molar-refractivity contribution < 1.29 is 14.3 Å². The number of carbonyl (C=O) groups is 1. The van der Waals surface area contributed by atoms with E-state index in [1.165, 1.54) is 5.56 Å². The molecular formula is C21H29NO3. The van der Waals surface area contributed by atoms with Gasteiger partial charge in [-0.2, -0.15) is 0 Å². The zero-order chi connectivity index (χ0) is 18.3. The monoisotopic (exact) mass is 343 g/mol. The first-order chi connectivity index (χ1) is 11.8. The van der Waals surface area contributed by atoms with Crippen LogP contribution in [0.1, 0.15) is 39.2 Å². The van der Waals surface area contributed by atoms with Crippen molar-refractivity contribution in [3.8, 4) is 0 Å². The van der Waals surface area contributed by atoms with Crippen molar-refractivity contribution in [3.63, 3.8) is 0 Å². The molecule has 0 bridgehead atoms. The number of benzene rings is 1. The molecule has 0 saturated carbocycles. The van der Waals surface area contributed by atoms with Crippen LogP contribution in [0.25, 0.3) is 0 Å². The number of methoxy groups -OCH3 is 1. The van der Waals surface area contributed by atoms with Crippen LogP contribution in [-0.4, -0.2) is 25.3 Å². The number of hydrogen-bond acceptors (Lipinski definition) is 3. The highest BCUT2D eigenvalue weighted by atomic mass is 16.6. The van der Waals surface area contributed by atoms with Crippen molar-refractivity contribution in [3.05, 3.63) is 59.9 Å². The van der Waals surface area contributed by atoms with Crippen LogP contribution in [0.15, 0.2) is 54.3 Å². The second kappa shape index (κ2) is 8.24. The van der Waals surface area contributed by atoms with Crippen LogP contribution < -0.4 is 5.32 Å². The van der Waals surface area contributed by atoms with Crippen molar-refractivity contribution >= 4 is 6.09 Å². The molecule has 4 heteroatoms. The number of hydrogen-bond donors (Lipinski definition) is 1. The predicted octanol–water partition coefficient (Wildman–Crippen LogP) is 4.62. The fourth-order valence-corrected chi connectivity index (χ4v) is 2.99. The van der Waals surface area contributed by atoms with Gasteiger partial charge in [-0.05, 0) is 63.2 Å². The van der Waals surface area contributed by atoms with E-state index in [0.29, 0.717) is 6.54 Å². The Morgan fingerprint density at radius 3 is 2.52 bits per heavy atom. The number of alkyl carbamates (subject to hydrolysis) is 1. The molecule has 1 aromatic rings. The molecule has 0 fully saturated rings. The quantitative estimate of drug-likeness (QED) is 0.820. The zero-order valence-electron chi connectivity index (χ0n) is 15.7. The SMILES string of the molecule is COC1=CCC(CCNC(=O)OC(C)(C)C)(Cc2ccccc2)C=C1. The van der Waals surface area contributed by atoms with E-state index in [4.69, 9.17) is 9.47 Å². The summed E-state index contributed by atoms with van der Waals surface area (Å²) in [6.07, 6.45) is 8.65. The van der Waals surface area contributed by atoms with Crippen molar-refractivity contribution in [2.45, 2.75) is 45.6 Å². The molecule has 0 spiro atoms. The van der Waals surface area contributed by atoms with Gasteiger partial charge in [-0.25, -0.2) is 4.79 Å². The Kier molecular flexibility index (Phi) is 6.29. The molecule has 0 aromatic heterocycles. The molecule has 136 valence electrons. The van der Waals surface area contributed by atoms with E-state index >= 15 is 0 Å². The summed E-state index contributed by atoms with van der Waals surface area (Å²) >= 11 is 0. The summed E-state index contributed by atoms with van der Waals surface area (Å²) in [5.41, 5.74) is 0.782. The first kappa shape index (κ1) is 19.1. The third kappa shape index (κ3) is 6.29. The first-order valence-corrected chi connectivity index (χ1v) is 8.76. The summed E-state index contributed by atoms with van der Waals surface area (Å²) in [6, 6.07) is 10.4. The van der Waals surface area contributed by atoms with Gasteiger partial charge >= 0.3 is 6.09 Å². The maximum Gasteiger partial charge on any atom is 0.407 e. The summed E-state index contributed by atoms with van der Waals surface area (Å²) in [4.78, 5) is 11.9. The predicted molar refractivity (Wildman–Crippen MR) is 100 cm³/mol. The van der Waals surface area contributed by atoms with Crippen LogP contribution in [0.4, 0.5) is 4.79 Å². The van der Waals surface area contributed by atoms with Crippen LogP contribution in [0.2, 0.25) is 0 Å². The lowest BCUT2D eigenvalue weighted by molar-refractivity contribution is 0.0522. The standard InChI is InChI=1S/C21H29NO3/c1-20(2,3)25-19(23)22-15-14-21(12-10-18(24-4)11-13-21)16-17-8-6-5-7-9-17/h5-12H,13-16H2,1-4H3,(H,22,23). The molecule has 1 aliphatic carbocycles. The summed E-state index contributed by atoms with van der Waals surface area (Å²) in [5.74, 6) is 0.892. The van der Waals surface area contributed by atoms with Crippen LogP contribution in [0.5, 0.6) is 0 Å². The number of allylic oxidation sites excluding steroid dienone is 3. The van der Waals surface area contributed by atoms with E-state index in [-0.39, 0.29) is 11.5 Å². The lowest BCUT2D eigenvalue weighted by Crippen LogP contribution is -2.35. The molecule has 2 rings (SSSR count). The molecule has 1 aliphatic rings. The van der Waals surface area contributed by atoms with Gasteiger partial charge in [0, 0.05) is 6.54 Å². The fourth-order valence-electron chi connectivity index (χ4n) is 2.99. The van der Waals surface area contributed by atoms with Gasteiger partial charge < -0.3 is 14.8 Å². The largest absolute Gasteiger partial charge is 0.497 e. The van der Waals surface area contributed by atoms with Gasteiger partial charge in [0.2, 0.25) is 0 Å². The summed E-state index contributed by atoms with van der Waals surface area (Å²) < 4.78 is 10.6. The normalized spacial score (nSPS) is 19.9. The lowest BCUT2D eigenvalue weighted by Gasteiger charge is -2.33. The maximum atomic E-state index is 11.9.